The van der Waals surface area contributed by atoms with Crippen LogP contribution >= 0.6 is 0 Å². The SMILES string of the molecule is CC(NS(=O)(=O)N1CCCCCC1)C(=N)N. The summed E-state index contributed by atoms with van der Waals surface area (Å²) in [7, 11) is -3.49. The fraction of sp³-hybridized carbons (Fsp3) is 0.889. The molecule has 7 heteroatoms. The molecule has 0 radical (unpaired) electrons. The predicted molar refractivity (Wildman–Crippen MR) is 63.5 cm³/mol. The van der Waals surface area contributed by atoms with Crippen molar-refractivity contribution < 1.29 is 8.42 Å². The highest BCUT2D eigenvalue weighted by Crippen LogP contribution is 2.12. The minimum Gasteiger partial charge on any atom is -0.386 e. The number of nitrogens with zero attached hydrogens (tertiary/aromatic N) is 1. The standard InChI is InChI=1S/C9H20N4O2S/c1-8(9(10)11)12-16(14,15)13-6-4-2-3-5-7-13/h8,12H,2-7H2,1H3,(H3,10,11). The summed E-state index contributed by atoms with van der Waals surface area (Å²) >= 11 is 0. The molecule has 0 bridgehead atoms. The van der Waals surface area contributed by atoms with Crippen LogP contribution in [-0.4, -0.2) is 37.7 Å². The van der Waals surface area contributed by atoms with Gasteiger partial charge in [-0.05, 0) is 19.8 Å². The minimum absolute atomic E-state index is 0.168. The molecule has 4 N–H and O–H groups in total. The Morgan fingerprint density at radius 1 is 1.31 bits per heavy atom. The molecule has 1 saturated heterocycles. The molecule has 94 valence electrons. The lowest BCUT2D eigenvalue weighted by atomic mass is 10.2. The van der Waals surface area contributed by atoms with Crippen LogP contribution in [0.1, 0.15) is 32.6 Å². The van der Waals surface area contributed by atoms with E-state index in [0.717, 1.165) is 25.7 Å². The first kappa shape index (κ1) is 13.4. The van der Waals surface area contributed by atoms with Crippen LogP contribution in [-0.2, 0) is 10.2 Å². The summed E-state index contributed by atoms with van der Waals surface area (Å²) in [6.07, 6.45) is 3.95. The van der Waals surface area contributed by atoms with Gasteiger partial charge in [0.1, 0.15) is 5.84 Å². The highest BCUT2D eigenvalue weighted by atomic mass is 32.2. The molecule has 1 heterocycles. The van der Waals surface area contributed by atoms with Crippen molar-refractivity contribution in [2.45, 2.75) is 38.6 Å². The third kappa shape index (κ3) is 3.73. The Morgan fingerprint density at radius 3 is 2.25 bits per heavy atom. The molecule has 0 spiro atoms. The molecule has 1 aliphatic rings. The summed E-state index contributed by atoms with van der Waals surface area (Å²) in [5, 5.41) is 7.17. The summed E-state index contributed by atoms with van der Waals surface area (Å²) in [6.45, 7) is 2.68. The van der Waals surface area contributed by atoms with Crippen LogP contribution in [0.2, 0.25) is 0 Å². The van der Waals surface area contributed by atoms with Crippen molar-refractivity contribution in [1.29, 1.82) is 5.41 Å². The molecule has 0 aromatic carbocycles. The van der Waals surface area contributed by atoms with E-state index in [-0.39, 0.29) is 5.84 Å². The number of nitrogens with two attached hydrogens (primary N) is 1. The van der Waals surface area contributed by atoms with E-state index in [1.165, 1.54) is 4.31 Å². The van der Waals surface area contributed by atoms with Gasteiger partial charge in [-0.1, -0.05) is 12.8 Å². The zero-order chi connectivity index (χ0) is 12.2. The van der Waals surface area contributed by atoms with E-state index in [1.807, 2.05) is 0 Å². The zero-order valence-corrected chi connectivity index (χ0v) is 10.4. The van der Waals surface area contributed by atoms with Crippen LogP contribution in [0.4, 0.5) is 0 Å². The summed E-state index contributed by atoms with van der Waals surface area (Å²) in [5.74, 6) is -0.168. The Morgan fingerprint density at radius 2 is 1.81 bits per heavy atom. The second-order valence-electron chi connectivity index (χ2n) is 4.11. The Labute approximate surface area is 96.9 Å². The molecular formula is C9H20N4O2S. The molecule has 0 amide bonds. The average Bonchev–Trinajstić information content (AvgIpc) is 2.45. The molecule has 1 rings (SSSR count). The molecule has 1 aliphatic heterocycles. The predicted octanol–water partition coefficient (Wildman–Crippen LogP) is 0.0213. The van der Waals surface area contributed by atoms with Crippen LogP contribution in [0.15, 0.2) is 0 Å². The van der Waals surface area contributed by atoms with Crippen molar-refractivity contribution in [3.05, 3.63) is 0 Å². The molecule has 6 nitrogen and oxygen atoms in total. The van der Waals surface area contributed by atoms with Gasteiger partial charge in [0.15, 0.2) is 0 Å². The minimum atomic E-state index is -3.49. The number of hydrogen-bond acceptors (Lipinski definition) is 3. The molecule has 1 fully saturated rings. The zero-order valence-electron chi connectivity index (χ0n) is 9.57. The lowest BCUT2D eigenvalue weighted by Crippen LogP contribution is -2.48. The van der Waals surface area contributed by atoms with Crippen molar-refractivity contribution in [1.82, 2.24) is 9.03 Å². The van der Waals surface area contributed by atoms with E-state index in [2.05, 4.69) is 4.72 Å². The van der Waals surface area contributed by atoms with Gasteiger partial charge in [0.2, 0.25) is 0 Å². The average molecular weight is 248 g/mol. The molecule has 0 aromatic rings. The lowest BCUT2D eigenvalue weighted by Gasteiger charge is -2.22. The second kappa shape index (κ2) is 5.60. The van der Waals surface area contributed by atoms with Crippen LogP contribution in [0, 0.1) is 5.41 Å². The van der Waals surface area contributed by atoms with Gasteiger partial charge >= 0.3 is 0 Å². The summed E-state index contributed by atoms with van der Waals surface area (Å²) in [5.41, 5.74) is 5.24. The Kier molecular flexibility index (Phi) is 4.69. The van der Waals surface area contributed by atoms with Gasteiger partial charge in [0.05, 0.1) is 6.04 Å². The fourth-order valence-corrected chi connectivity index (χ4v) is 3.11. The van der Waals surface area contributed by atoms with Gasteiger partial charge in [-0.3, -0.25) is 5.41 Å². The monoisotopic (exact) mass is 248 g/mol. The molecule has 0 aliphatic carbocycles. The van der Waals surface area contributed by atoms with Crippen LogP contribution in [0.3, 0.4) is 0 Å². The van der Waals surface area contributed by atoms with Crippen LogP contribution in [0.5, 0.6) is 0 Å². The first-order valence-electron chi connectivity index (χ1n) is 5.55. The molecular weight excluding hydrogens is 228 g/mol. The quantitative estimate of drug-likeness (QED) is 0.483. The maximum atomic E-state index is 11.9. The Balaban J connectivity index is 2.64. The number of hydrogen-bond donors (Lipinski definition) is 3. The second-order valence-corrected chi connectivity index (χ2v) is 5.82. The van der Waals surface area contributed by atoms with E-state index in [9.17, 15) is 8.42 Å². The van der Waals surface area contributed by atoms with Gasteiger partial charge < -0.3 is 5.73 Å². The number of rotatable bonds is 4. The third-order valence-corrected chi connectivity index (χ3v) is 4.39. The number of amidine groups is 1. The molecule has 16 heavy (non-hydrogen) atoms. The largest absolute Gasteiger partial charge is 0.386 e. The van der Waals surface area contributed by atoms with Gasteiger partial charge in [-0.25, -0.2) is 0 Å². The van der Waals surface area contributed by atoms with Gasteiger partial charge in [-0.15, -0.1) is 0 Å². The Bertz CT molecular complexity index is 333. The van der Waals surface area contributed by atoms with E-state index < -0.39 is 16.3 Å². The fourth-order valence-electron chi connectivity index (χ4n) is 1.64. The van der Waals surface area contributed by atoms with Crippen molar-refractivity contribution in [2.24, 2.45) is 5.73 Å². The van der Waals surface area contributed by atoms with Crippen molar-refractivity contribution in [3.63, 3.8) is 0 Å². The van der Waals surface area contributed by atoms with Gasteiger partial charge in [0.25, 0.3) is 10.2 Å². The lowest BCUT2D eigenvalue weighted by molar-refractivity contribution is 0.413. The third-order valence-electron chi connectivity index (χ3n) is 2.70. The maximum absolute atomic E-state index is 11.9. The van der Waals surface area contributed by atoms with Crippen molar-refractivity contribution >= 4 is 16.0 Å². The first-order valence-corrected chi connectivity index (χ1v) is 6.99. The van der Waals surface area contributed by atoms with E-state index in [1.54, 1.807) is 6.92 Å². The topological polar surface area (TPSA) is 99.3 Å². The number of nitrogens with one attached hydrogen (secondary N) is 2. The smallest absolute Gasteiger partial charge is 0.280 e. The van der Waals surface area contributed by atoms with Crippen LogP contribution < -0.4 is 10.5 Å². The van der Waals surface area contributed by atoms with E-state index >= 15 is 0 Å². The van der Waals surface area contributed by atoms with Crippen LogP contribution in [0.25, 0.3) is 0 Å². The Hall–Kier alpha value is -0.660. The van der Waals surface area contributed by atoms with Gasteiger partial charge in [0, 0.05) is 13.1 Å². The van der Waals surface area contributed by atoms with Crippen molar-refractivity contribution in [2.75, 3.05) is 13.1 Å². The summed E-state index contributed by atoms with van der Waals surface area (Å²) in [6, 6.07) is -0.645. The molecule has 0 aromatic heterocycles. The normalized spacial score (nSPS) is 21.3. The van der Waals surface area contributed by atoms with Crippen molar-refractivity contribution in [3.8, 4) is 0 Å². The highest BCUT2D eigenvalue weighted by molar-refractivity contribution is 7.87. The molecule has 1 unspecified atom stereocenters. The van der Waals surface area contributed by atoms with Gasteiger partial charge in [-0.2, -0.15) is 17.4 Å². The summed E-state index contributed by atoms with van der Waals surface area (Å²) < 4.78 is 27.7. The molecule has 0 saturated carbocycles. The van der Waals surface area contributed by atoms with E-state index in [0.29, 0.717) is 13.1 Å². The maximum Gasteiger partial charge on any atom is 0.280 e. The van der Waals surface area contributed by atoms with E-state index in [4.69, 9.17) is 11.1 Å². The summed E-state index contributed by atoms with van der Waals surface area (Å²) in [4.78, 5) is 0. The highest BCUT2D eigenvalue weighted by Gasteiger charge is 2.25. The molecule has 1 atom stereocenters. The first-order chi connectivity index (χ1) is 7.43.